The Kier molecular flexibility index (Phi) is 4.27. The molecule has 0 aliphatic carbocycles. The lowest BCUT2D eigenvalue weighted by molar-refractivity contribution is 0.0714. The van der Waals surface area contributed by atoms with Crippen molar-refractivity contribution >= 4 is 17.5 Å². The molecule has 100 valence electrons. The van der Waals surface area contributed by atoms with Gasteiger partial charge in [0.2, 0.25) is 0 Å². The summed E-state index contributed by atoms with van der Waals surface area (Å²) in [5, 5.41) is 4.64. The summed E-state index contributed by atoms with van der Waals surface area (Å²) in [6.07, 6.45) is 2.62. The molecule has 0 aromatic carbocycles. The van der Waals surface area contributed by atoms with Crippen molar-refractivity contribution in [1.82, 2.24) is 14.7 Å². The largest absolute Gasteiger partial charge is 0.337 e. The van der Waals surface area contributed by atoms with Gasteiger partial charge < -0.3 is 4.90 Å². The van der Waals surface area contributed by atoms with Crippen LogP contribution in [0.1, 0.15) is 42.9 Å². The molecule has 1 fully saturated rings. The van der Waals surface area contributed by atoms with Gasteiger partial charge in [0.05, 0.1) is 5.69 Å². The standard InChI is InChI=1S/C13H20ClN3O/c1-3-11-9-12(17(4-2)15-11)13(18)16-7-5-10(14)6-8-16/h9-10H,3-8H2,1-2H3. The molecule has 1 aliphatic rings. The summed E-state index contributed by atoms with van der Waals surface area (Å²) in [6, 6.07) is 1.92. The fourth-order valence-corrected chi connectivity index (χ4v) is 2.46. The van der Waals surface area contributed by atoms with Gasteiger partial charge in [-0.05, 0) is 32.3 Å². The predicted molar refractivity (Wildman–Crippen MR) is 72.1 cm³/mol. The lowest BCUT2D eigenvalue weighted by Gasteiger charge is -2.29. The van der Waals surface area contributed by atoms with Gasteiger partial charge in [0.25, 0.3) is 5.91 Å². The fourth-order valence-electron chi connectivity index (χ4n) is 2.27. The van der Waals surface area contributed by atoms with Gasteiger partial charge in [0, 0.05) is 25.0 Å². The van der Waals surface area contributed by atoms with Gasteiger partial charge in [0.1, 0.15) is 5.69 Å². The Morgan fingerprint density at radius 3 is 2.67 bits per heavy atom. The Balaban J connectivity index is 2.15. The number of aromatic nitrogens is 2. The van der Waals surface area contributed by atoms with Crippen molar-refractivity contribution in [2.45, 2.75) is 45.0 Å². The van der Waals surface area contributed by atoms with Crippen LogP contribution in [0.15, 0.2) is 6.07 Å². The van der Waals surface area contributed by atoms with E-state index in [4.69, 9.17) is 11.6 Å². The van der Waals surface area contributed by atoms with E-state index in [1.54, 1.807) is 4.68 Å². The van der Waals surface area contributed by atoms with Crippen LogP contribution in [-0.2, 0) is 13.0 Å². The maximum atomic E-state index is 12.4. The first-order valence-corrected chi connectivity index (χ1v) is 7.09. The Morgan fingerprint density at radius 2 is 2.11 bits per heavy atom. The minimum Gasteiger partial charge on any atom is -0.337 e. The van der Waals surface area contributed by atoms with E-state index in [-0.39, 0.29) is 11.3 Å². The summed E-state index contributed by atoms with van der Waals surface area (Å²) in [7, 11) is 0. The van der Waals surface area contributed by atoms with Crippen LogP contribution in [0.25, 0.3) is 0 Å². The molecule has 0 saturated carbocycles. The van der Waals surface area contributed by atoms with E-state index in [0.29, 0.717) is 5.69 Å². The molecule has 0 unspecified atom stereocenters. The van der Waals surface area contributed by atoms with E-state index in [0.717, 1.165) is 44.6 Å². The van der Waals surface area contributed by atoms with E-state index < -0.39 is 0 Å². The van der Waals surface area contributed by atoms with Crippen molar-refractivity contribution in [3.8, 4) is 0 Å². The third-order valence-electron chi connectivity index (χ3n) is 3.42. The second-order valence-electron chi connectivity index (χ2n) is 4.66. The molecule has 2 heterocycles. The molecule has 1 saturated heterocycles. The molecule has 0 radical (unpaired) electrons. The summed E-state index contributed by atoms with van der Waals surface area (Å²) < 4.78 is 1.80. The lowest BCUT2D eigenvalue weighted by Crippen LogP contribution is -2.39. The number of rotatable bonds is 3. The highest BCUT2D eigenvalue weighted by atomic mass is 35.5. The topological polar surface area (TPSA) is 38.1 Å². The predicted octanol–water partition coefficient (Wildman–Crippen LogP) is 2.31. The monoisotopic (exact) mass is 269 g/mol. The number of amides is 1. The third kappa shape index (κ3) is 2.69. The molecule has 1 aromatic rings. The number of piperidine rings is 1. The first-order valence-electron chi connectivity index (χ1n) is 6.65. The highest BCUT2D eigenvalue weighted by Crippen LogP contribution is 2.18. The number of hydrogen-bond donors (Lipinski definition) is 0. The van der Waals surface area contributed by atoms with Gasteiger partial charge >= 0.3 is 0 Å². The van der Waals surface area contributed by atoms with Crippen LogP contribution in [0.3, 0.4) is 0 Å². The highest BCUT2D eigenvalue weighted by molar-refractivity contribution is 6.20. The van der Waals surface area contributed by atoms with Crippen molar-refractivity contribution in [2.75, 3.05) is 13.1 Å². The molecule has 4 nitrogen and oxygen atoms in total. The number of aryl methyl sites for hydroxylation is 2. The van der Waals surface area contributed by atoms with Crippen molar-refractivity contribution in [2.24, 2.45) is 0 Å². The number of carbonyl (C=O) groups excluding carboxylic acids is 1. The third-order valence-corrected chi connectivity index (χ3v) is 3.86. The molecular formula is C13H20ClN3O. The zero-order valence-electron chi connectivity index (χ0n) is 11.0. The second-order valence-corrected chi connectivity index (χ2v) is 5.27. The van der Waals surface area contributed by atoms with Gasteiger partial charge in [-0.25, -0.2) is 0 Å². The van der Waals surface area contributed by atoms with E-state index in [9.17, 15) is 4.79 Å². The molecule has 0 spiro atoms. The van der Waals surface area contributed by atoms with E-state index >= 15 is 0 Å². The van der Waals surface area contributed by atoms with Crippen molar-refractivity contribution in [1.29, 1.82) is 0 Å². The van der Waals surface area contributed by atoms with Crippen LogP contribution < -0.4 is 0 Å². The van der Waals surface area contributed by atoms with Gasteiger partial charge in [-0.15, -0.1) is 11.6 Å². The smallest absolute Gasteiger partial charge is 0.272 e. The molecule has 1 amide bonds. The van der Waals surface area contributed by atoms with Crippen molar-refractivity contribution in [3.63, 3.8) is 0 Å². The molecule has 1 aliphatic heterocycles. The Bertz CT molecular complexity index is 422. The maximum Gasteiger partial charge on any atom is 0.272 e. The summed E-state index contributed by atoms with van der Waals surface area (Å²) in [4.78, 5) is 14.3. The highest BCUT2D eigenvalue weighted by Gasteiger charge is 2.25. The molecule has 0 bridgehead atoms. The van der Waals surface area contributed by atoms with Crippen LogP contribution in [-0.4, -0.2) is 39.1 Å². The van der Waals surface area contributed by atoms with Gasteiger partial charge in [0.15, 0.2) is 0 Å². The van der Waals surface area contributed by atoms with Crippen LogP contribution >= 0.6 is 11.6 Å². The summed E-state index contributed by atoms with van der Waals surface area (Å²) >= 11 is 6.06. The summed E-state index contributed by atoms with van der Waals surface area (Å²) in [5.74, 6) is 0.0904. The average Bonchev–Trinajstić information content (AvgIpc) is 2.82. The number of likely N-dealkylation sites (tertiary alicyclic amines) is 1. The molecule has 1 aromatic heterocycles. The minimum atomic E-state index is 0.0904. The Morgan fingerprint density at radius 1 is 1.44 bits per heavy atom. The number of nitrogens with zero attached hydrogens (tertiary/aromatic N) is 3. The maximum absolute atomic E-state index is 12.4. The van der Waals surface area contributed by atoms with Gasteiger partial charge in [-0.3, -0.25) is 9.48 Å². The molecule has 18 heavy (non-hydrogen) atoms. The molecule has 0 N–H and O–H groups in total. The van der Waals surface area contributed by atoms with E-state index in [1.165, 1.54) is 0 Å². The van der Waals surface area contributed by atoms with Gasteiger partial charge in [-0.1, -0.05) is 6.92 Å². The average molecular weight is 270 g/mol. The number of hydrogen-bond acceptors (Lipinski definition) is 2. The summed E-state index contributed by atoms with van der Waals surface area (Å²) in [6.45, 7) is 6.30. The second kappa shape index (κ2) is 5.74. The normalized spacial score (nSPS) is 17.2. The van der Waals surface area contributed by atoms with Crippen LogP contribution in [0.4, 0.5) is 0 Å². The Hall–Kier alpha value is -1.03. The van der Waals surface area contributed by atoms with E-state index in [2.05, 4.69) is 12.0 Å². The van der Waals surface area contributed by atoms with Crippen LogP contribution in [0, 0.1) is 0 Å². The fraction of sp³-hybridized carbons (Fsp3) is 0.692. The first kappa shape index (κ1) is 13.4. The zero-order valence-corrected chi connectivity index (χ0v) is 11.8. The number of alkyl halides is 1. The molecular weight excluding hydrogens is 250 g/mol. The SMILES string of the molecule is CCc1cc(C(=O)N2CCC(Cl)CC2)n(CC)n1. The zero-order chi connectivity index (χ0) is 13.1. The molecule has 2 rings (SSSR count). The first-order chi connectivity index (χ1) is 8.65. The van der Waals surface area contributed by atoms with Gasteiger partial charge in [-0.2, -0.15) is 5.10 Å². The van der Waals surface area contributed by atoms with Crippen LogP contribution in [0.5, 0.6) is 0 Å². The Labute approximate surface area is 113 Å². The number of carbonyl (C=O) groups is 1. The summed E-state index contributed by atoms with van der Waals surface area (Å²) in [5.41, 5.74) is 1.69. The van der Waals surface area contributed by atoms with Crippen molar-refractivity contribution < 1.29 is 4.79 Å². The van der Waals surface area contributed by atoms with E-state index in [1.807, 2.05) is 17.9 Å². The molecule has 0 atom stereocenters. The number of halogens is 1. The molecule has 5 heteroatoms. The lowest BCUT2D eigenvalue weighted by atomic mass is 10.1. The van der Waals surface area contributed by atoms with Crippen molar-refractivity contribution in [3.05, 3.63) is 17.5 Å². The minimum absolute atomic E-state index is 0.0904. The van der Waals surface area contributed by atoms with Crippen LogP contribution in [0.2, 0.25) is 0 Å². The quantitative estimate of drug-likeness (QED) is 0.790.